The maximum absolute atomic E-state index is 12.3. The lowest BCUT2D eigenvalue weighted by Crippen LogP contribution is -2.13. The Kier molecular flexibility index (Phi) is 4.50. The number of carbonyl (C=O) groups excluding carboxylic acids is 2. The van der Waals surface area contributed by atoms with Crippen LogP contribution in [-0.4, -0.2) is 23.1 Å². The average Bonchev–Trinajstić information content (AvgIpc) is 2.82. The number of anilines is 2. The summed E-state index contributed by atoms with van der Waals surface area (Å²) in [7, 11) is 1.72. The largest absolute Gasteiger partial charge is 0.461 e. The second-order valence-corrected chi connectivity index (χ2v) is 4.97. The molecule has 3 N–H and O–H groups in total. The van der Waals surface area contributed by atoms with Gasteiger partial charge >= 0.3 is 5.97 Å². The van der Waals surface area contributed by atoms with Crippen molar-refractivity contribution < 1.29 is 14.3 Å². The average molecular weight is 301 g/mol. The lowest BCUT2D eigenvalue weighted by atomic mass is 10.1. The Morgan fingerprint density at radius 3 is 2.73 bits per heavy atom. The zero-order valence-corrected chi connectivity index (χ0v) is 12.8. The van der Waals surface area contributed by atoms with Crippen LogP contribution in [0.1, 0.15) is 33.3 Å². The van der Waals surface area contributed by atoms with Crippen LogP contribution in [0.2, 0.25) is 0 Å². The molecule has 0 radical (unpaired) electrons. The molecule has 0 aliphatic heterocycles. The first-order valence-electron chi connectivity index (χ1n) is 6.93. The number of aryl methyl sites for hydroxylation is 2. The summed E-state index contributed by atoms with van der Waals surface area (Å²) in [6, 6.07) is 6.74. The number of rotatable bonds is 4. The van der Waals surface area contributed by atoms with Gasteiger partial charge in [-0.1, -0.05) is 6.07 Å². The highest BCUT2D eigenvalue weighted by Crippen LogP contribution is 2.18. The summed E-state index contributed by atoms with van der Waals surface area (Å²) in [5, 5.41) is 2.76. The minimum absolute atomic E-state index is 0.272. The van der Waals surface area contributed by atoms with Crippen molar-refractivity contribution in [3.8, 4) is 0 Å². The Morgan fingerprint density at radius 1 is 1.32 bits per heavy atom. The van der Waals surface area contributed by atoms with E-state index in [0.29, 0.717) is 29.2 Å². The SMILES string of the molecule is CCOC(=O)c1cc(NC(=O)c2cc(N)ccc2C)cn1C. The van der Waals surface area contributed by atoms with Crippen LogP contribution >= 0.6 is 0 Å². The molecule has 0 fully saturated rings. The van der Waals surface area contributed by atoms with Crippen molar-refractivity contribution in [3.63, 3.8) is 0 Å². The van der Waals surface area contributed by atoms with E-state index in [1.807, 2.05) is 6.92 Å². The molecule has 2 rings (SSSR count). The zero-order chi connectivity index (χ0) is 16.3. The zero-order valence-electron chi connectivity index (χ0n) is 12.8. The van der Waals surface area contributed by atoms with E-state index in [1.54, 1.807) is 49.0 Å². The van der Waals surface area contributed by atoms with Gasteiger partial charge in [-0.2, -0.15) is 0 Å². The van der Waals surface area contributed by atoms with E-state index in [2.05, 4.69) is 5.32 Å². The van der Waals surface area contributed by atoms with E-state index in [0.717, 1.165) is 5.56 Å². The van der Waals surface area contributed by atoms with Crippen molar-refractivity contribution in [2.24, 2.45) is 7.05 Å². The quantitative estimate of drug-likeness (QED) is 0.670. The first-order chi connectivity index (χ1) is 10.4. The smallest absolute Gasteiger partial charge is 0.355 e. The molecule has 0 aliphatic carbocycles. The highest BCUT2D eigenvalue weighted by Gasteiger charge is 2.15. The first-order valence-corrected chi connectivity index (χ1v) is 6.93. The lowest BCUT2D eigenvalue weighted by molar-refractivity contribution is 0.0515. The van der Waals surface area contributed by atoms with Gasteiger partial charge in [0.25, 0.3) is 5.91 Å². The minimum Gasteiger partial charge on any atom is -0.461 e. The van der Waals surface area contributed by atoms with E-state index in [1.165, 1.54) is 0 Å². The summed E-state index contributed by atoms with van der Waals surface area (Å²) >= 11 is 0. The van der Waals surface area contributed by atoms with Crippen LogP contribution in [0.25, 0.3) is 0 Å². The second-order valence-electron chi connectivity index (χ2n) is 4.97. The standard InChI is InChI=1S/C16H19N3O3/c1-4-22-16(21)14-8-12(9-19(14)3)18-15(20)13-7-11(17)6-5-10(13)2/h5-9H,4,17H2,1-3H3,(H,18,20). The van der Waals surface area contributed by atoms with E-state index in [9.17, 15) is 9.59 Å². The first kappa shape index (κ1) is 15.6. The van der Waals surface area contributed by atoms with Crippen LogP contribution in [0, 0.1) is 6.92 Å². The molecule has 2 aromatic rings. The molecule has 0 atom stereocenters. The molecule has 0 spiro atoms. The number of hydrogen-bond donors (Lipinski definition) is 2. The number of nitrogens with one attached hydrogen (secondary N) is 1. The molecule has 0 unspecified atom stereocenters. The van der Waals surface area contributed by atoms with Gasteiger partial charge < -0.3 is 20.4 Å². The van der Waals surface area contributed by atoms with Crippen molar-refractivity contribution in [3.05, 3.63) is 47.3 Å². The number of esters is 1. The molecule has 0 aliphatic rings. The van der Waals surface area contributed by atoms with Crippen molar-refractivity contribution in [1.82, 2.24) is 4.57 Å². The van der Waals surface area contributed by atoms with Crippen LogP contribution in [0.3, 0.4) is 0 Å². The molecule has 0 saturated carbocycles. The van der Waals surface area contributed by atoms with Gasteiger partial charge in [0.15, 0.2) is 0 Å². The highest BCUT2D eigenvalue weighted by molar-refractivity contribution is 6.06. The van der Waals surface area contributed by atoms with Crippen molar-refractivity contribution in [2.45, 2.75) is 13.8 Å². The minimum atomic E-state index is -0.425. The number of hydrogen-bond acceptors (Lipinski definition) is 4. The van der Waals surface area contributed by atoms with Crippen molar-refractivity contribution in [2.75, 3.05) is 17.7 Å². The summed E-state index contributed by atoms with van der Waals surface area (Å²) in [4.78, 5) is 24.1. The summed E-state index contributed by atoms with van der Waals surface area (Å²) in [6.07, 6.45) is 1.66. The molecule has 22 heavy (non-hydrogen) atoms. The van der Waals surface area contributed by atoms with Gasteiger partial charge in [-0.15, -0.1) is 0 Å². The molecule has 1 amide bonds. The van der Waals surface area contributed by atoms with E-state index in [-0.39, 0.29) is 5.91 Å². The lowest BCUT2D eigenvalue weighted by Gasteiger charge is -2.07. The molecule has 0 saturated heterocycles. The van der Waals surface area contributed by atoms with E-state index >= 15 is 0 Å². The van der Waals surface area contributed by atoms with Crippen LogP contribution in [0.5, 0.6) is 0 Å². The molecular weight excluding hydrogens is 282 g/mol. The fourth-order valence-corrected chi connectivity index (χ4v) is 2.12. The number of nitrogens with zero attached hydrogens (tertiary/aromatic N) is 1. The maximum Gasteiger partial charge on any atom is 0.355 e. The topological polar surface area (TPSA) is 86.3 Å². The molecule has 6 heteroatoms. The normalized spacial score (nSPS) is 10.3. The molecule has 6 nitrogen and oxygen atoms in total. The molecular formula is C16H19N3O3. The highest BCUT2D eigenvalue weighted by atomic mass is 16.5. The Balaban J connectivity index is 2.20. The second kappa shape index (κ2) is 6.34. The van der Waals surface area contributed by atoms with E-state index in [4.69, 9.17) is 10.5 Å². The number of ether oxygens (including phenoxy) is 1. The third-order valence-electron chi connectivity index (χ3n) is 3.25. The van der Waals surface area contributed by atoms with Gasteiger partial charge in [-0.05, 0) is 37.6 Å². The number of amides is 1. The van der Waals surface area contributed by atoms with Gasteiger partial charge in [-0.3, -0.25) is 4.79 Å². The van der Waals surface area contributed by atoms with Crippen LogP contribution in [-0.2, 0) is 11.8 Å². The predicted octanol–water partition coefficient (Wildman–Crippen LogP) is 2.34. The van der Waals surface area contributed by atoms with Gasteiger partial charge in [0.2, 0.25) is 0 Å². The van der Waals surface area contributed by atoms with Gasteiger partial charge in [-0.25, -0.2) is 4.79 Å². The third-order valence-corrected chi connectivity index (χ3v) is 3.25. The molecule has 1 aromatic carbocycles. The van der Waals surface area contributed by atoms with Crippen LogP contribution in [0.4, 0.5) is 11.4 Å². The fraction of sp³-hybridized carbons (Fsp3) is 0.250. The Bertz CT molecular complexity index is 719. The summed E-state index contributed by atoms with van der Waals surface area (Å²) in [5.74, 6) is -0.698. The third kappa shape index (κ3) is 3.28. The Hall–Kier alpha value is -2.76. The molecule has 1 heterocycles. The number of aromatic nitrogens is 1. The Labute approximate surface area is 128 Å². The number of nitrogen functional groups attached to an aromatic ring is 1. The molecule has 116 valence electrons. The Morgan fingerprint density at radius 2 is 2.05 bits per heavy atom. The van der Waals surface area contributed by atoms with Gasteiger partial charge in [0.1, 0.15) is 5.69 Å². The fourth-order valence-electron chi connectivity index (χ4n) is 2.12. The molecule has 1 aromatic heterocycles. The molecule has 0 bridgehead atoms. The van der Waals surface area contributed by atoms with Gasteiger partial charge in [0, 0.05) is 24.5 Å². The summed E-state index contributed by atoms with van der Waals surface area (Å²) in [6.45, 7) is 3.88. The monoisotopic (exact) mass is 301 g/mol. The van der Waals surface area contributed by atoms with Crippen molar-refractivity contribution >= 4 is 23.3 Å². The van der Waals surface area contributed by atoms with Crippen LogP contribution < -0.4 is 11.1 Å². The maximum atomic E-state index is 12.3. The van der Waals surface area contributed by atoms with E-state index < -0.39 is 5.97 Å². The summed E-state index contributed by atoms with van der Waals surface area (Å²) < 4.78 is 6.57. The van der Waals surface area contributed by atoms with Gasteiger partial charge in [0.05, 0.1) is 12.3 Å². The predicted molar refractivity (Wildman–Crippen MR) is 84.9 cm³/mol. The number of nitrogens with two attached hydrogens (primary N) is 1. The number of benzene rings is 1. The number of carbonyl (C=O) groups is 2. The van der Waals surface area contributed by atoms with Crippen LogP contribution in [0.15, 0.2) is 30.5 Å². The van der Waals surface area contributed by atoms with Crippen molar-refractivity contribution in [1.29, 1.82) is 0 Å². The summed E-state index contributed by atoms with van der Waals surface area (Å²) in [5.41, 5.74) is 8.47.